The summed E-state index contributed by atoms with van der Waals surface area (Å²) in [7, 11) is 1.80. The number of aryl methyl sites for hydroxylation is 1. The van der Waals surface area contributed by atoms with Crippen LogP contribution in [0.5, 0.6) is 0 Å². The van der Waals surface area contributed by atoms with Crippen LogP contribution in [0.4, 0.5) is 17.6 Å². The van der Waals surface area contributed by atoms with E-state index in [0.29, 0.717) is 12.0 Å². The number of hydrogen-bond donors (Lipinski definition) is 1. The second kappa shape index (κ2) is 5.49. The quantitative estimate of drug-likeness (QED) is 0.806. The van der Waals surface area contributed by atoms with Gasteiger partial charge in [0.1, 0.15) is 5.82 Å². The summed E-state index contributed by atoms with van der Waals surface area (Å²) in [4.78, 5) is 0. The molecule has 0 radical (unpaired) electrons. The zero-order valence-electron chi connectivity index (χ0n) is 9.74. The fraction of sp³-hybridized carbons (Fsp3) is 0.500. The number of benzene rings is 1. The van der Waals surface area contributed by atoms with Gasteiger partial charge in [-0.15, -0.1) is 0 Å². The van der Waals surface area contributed by atoms with E-state index in [4.69, 9.17) is 0 Å². The van der Waals surface area contributed by atoms with E-state index < -0.39 is 17.6 Å². The molecule has 1 N–H and O–H groups in total. The van der Waals surface area contributed by atoms with Gasteiger partial charge in [-0.25, -0.2) is 4.39 Å². The molecule has 1 unspecified atom stereocenters. The average Bonchev–Trinajstić information content (AvgIpc) is 2.24. The van der Waals surface area contributed by atoms with Crippen LogP contribution >= 0.6 is 0 Å². The van der Waals surface area contributed by atoms with Gasteiger partial charge in [0.05, 0.1) is 5.56 Å². The van der Waals surface area contributed by atoms with Crippen LogP contribution in [0.1, 0.15) is 24.5 Å². The molecule has 0 amide bonds. The van der Waals surface area contributed by atoms with Crippen LogP contribution in [0.25, 0.3) is 0 Å². The van der Waals surface area contributed by atoms with Crippen molar-refractivity contribution in [1.29, 1.82) is 0 Å². The number of hydrogen-bond acceptors (Lipinski definition) is 1. The van der Waals surface area contributed by atoms with E-state index in [1.54, 1.807) is 7.05 Å². The van der Waals surface area contributed by atoms with Crippen molar-refractivity contribution in [3.8, 4) is 0 Å². The molecule has 1 aromatic carbocycles. The van der Waals surface area contributed by atoms with E-state index in [1.807, 2.05) is 6.92 Å². The van der Waals surface area contributed by atoms with Gasteiger partial charge in [0, 0.05) is 6.04 Å². The molecule has 1 rings (SSSR count). The molecule has 0 spiro atoms. The lowest BCUT2D eigenvalue weighted by atomic mass is 10.0. The molecule has 0 bridgehead atoms. The predicted octanol–water partition coefficient (Wildman–Crippen LogP) is 3.39. The molecule has 1 aromatic rings. The third-order valence-corrected chi connectivity index (χ3v) is 2.70. The molecular weight excluding hydrogens is 234 g/mol. The second-order valence-corrected chi connectivity index (χ2v) is 4.04. The fourth-order valence-electron chi connectivity index (χ4n) is 1.47. The van der Waals surface area contributed by atoms with Crippen LogP contribution in [-0.2, 0) is 12.6 Å². The van der Waals surface area contributed by atoms with E-state index in [-0.39, 0.29) is 6.04 Å². The third kappa shape index (κ3) is 4.00. The van der Waals surface area contributed by atoms with Gasteiger partial charge in [0.15, 0.2) is 0 Å². The van der Waals surface area contributed by atoms with Crippen molar-refractivity contribution in [2.45, 2.75) is 32.0 Å². The number of halogens is 4. The van der Waals surface area contributed by atoms with Crippen molar-refractivity contribution >= 4 is 0 Å². The van der Waals surface area contributed by atoms with Gasteiger partial charge in [-0.2, -0.15) is 13.2 Å². The topological polar surface area (TPSA) is 12.0 Å². The van der Waals surface area contributed by atoms with Crippen molar-refractivity contribution in [2.24, 2.45) is 0 Å². The predicted molar refractivity (Wildman–Crippen MR) is 58.2 cm³/mol. The van der Waals surface area contributed by atoms with Crippen molar-refractivity contribution in [1.82, 2.24) is 5.32 Å². The van der Waals surface area contributed by atoms with Crippen molar-refractivity contribution in [3.63, 3.8) is 0 Å². The second-order valence-electron chi connectivity index (χ2n) is 4.04. The van der Waals surface area contributed by atoms with Crippen molar-refractivity contribution < 1.29 is 17.6 Å². The molecule has 1 atom stereocenters. The fourth-order valence-corrected chi connectivity index (χ4v) is 1.47. The molecular formula is C12H15F4N. The first-order valence-corrected chi connectivity index (χ1v) is 5.37. The molecule has 0 aliphatic heterocycles. The average molecular weight is 249 g/mol. The van der Waals surface area contributed by atoms with E-state index in [2.05, 4.69) is 5.32 Å². The maximum absolute atomic E-state index is 13.2. The molecule has 0 heterocycles. The standard InChI is InChI=1S/C12H15F4N/c1-8(17-2)3-4-9-5-6-10(11(13)7-9)12(14,15)16/h5-8,17H,3-4H2,1-2H3. The Hall–Kier alpha value is -1.10. The summed E-state index contributed by atoms with van der Waals surface area (Å²) in [6.07, 6.45) is -3.32. The molecule has 0 saturated carbocycles. The lowest BCUT2D eigenvalue weighted by molar-refractivity contribution is -0.140. The third-order valence-electron chi connectivity index (χ3n) is 2.70. The Labute approximate surface area is 97.8 Å². The molecule has 0 aliphatic rings. The van der Waals surface area contributed by atoms with Gasteiger partial charge in [-0.1, -0.05) is 6.07 Å². The summed E-state index contributed by atoms with van der Waals surface area (Å²) in [6.45, 7) is 1.96. The molecule has 0 saturated heterocycles. The molecule has 1 nitrogen and oxygen atoms in total. The summed E-state index contributed by atoms with van der Waals surface area (Å²) < 4.78 is 50.1. The zero-order valence-corrected chi connectivity index (χ0v) is 9.74. The number of nitrogens with one attached hydrogen (secondary N) is 1. The minimum Gasteiger partial charge on any atom is -0.317 e. The Morgan fingerprint density at radius 3 is 2.41 bits per heavy atom. The van der Waals surface area contributed by atoms with Gasteiger partial charge < -0.3 is 5.32 Å². The highest BCUT2D eigenvalue weighted by Gasteiger charge is 2.33. The summed E-state index contributed by atoms with van der Waals surface area (Å²) >= 11 is 0. The maximum atomic E-state index is 13.2. The van der Waals surface area contributed by atoms with Crippen LogP contribution in [0.3, 0.4) is 0 Å². The smallest absolute Gasteiger partial charge is 0.317 e. The van der Waals surface area contributed by atoms with Crippen LogP contribution in [0.2, 0.25) is 0 Å². The van der Waals surface area contributed by atoms with Crippen molar-refractivity contribution in [2.75, 3.05) is 7.05 Å². The molecule has 17 heavy (non-hydrogen) atoms. The van der Waals surface area contributed by atoms with Gasteiger partial charge >= 0.3 is 6.18 Å². The first-order chi connectivity index (χ1) is 7.84. The summed E-state index contributed by atoms with van der Waals surface area (Å²) in [6, 6.07) is 3.34. The van der Waals surface area contributed by atoms with Gasteiger partial charge in [-0.3, -0.25) is 0 Å². The summed E-state index contributed by atoms with van der Waals surface area (Å²) in [5.41, 5.74) is -0.625. The first kappa shape index (κ1) is 14.0. The lowest BCUT2D eigenvalue weighted by Gasteiger charge is -2.11. The Balaban J connectivity index is 2.76. The van der Waals surface area contributed by atoms with E-state index in [1.165, 1.54) is 6.07 Å². The van der Waals surface area contributed by atoms with Gasteiger partial charge in [-0.05, 0) is 44.5 Å². The van der Waals surface area contributed by atoms with Crippen molar-refractivity contribution in [3.05, 3.63) is 35.1 Å². The van der Waals surface area contributed by atoms with Crippen LogP contribution in [0.15, 0.2) is 18.2 Å². The minimum absolute atomic E-state index is 0.250. The summed E-state index contributed by atoms with van der Waals surface area (Å²) in [5.74, 6) is -1.20. The number of rotatable bonds is 4. The Kier molecular flexibility index (Phi) is 4.51. The Morgan fingerprint density at radius 2 is 1.94 bits per heavy atom. The van der Waals surface area contributed by atoms with E-state index in [9.17, 15) is 17.6 Å². The SMILES string of the molecule is CNC(C)CCc1ccc(C(F)(F)F)c(F)c1. The highest BCUT2D eigenvalue weighted by Crippen LogP contribution is 2.31. The number of alkyl halides is 3. The molecule has 0 fully saturated rings. The first-order valence-electron chi connectivity index (χ1n) is 5.37. The van der Waals surface area contributed by atoms with E-state index >= 15 is 0 Å². The zero-order chi connectivity index (χ0) is 13.1. The van der Waals surface area contributed by atoms with Gasteiger partial charge in [0.25, 0.3) is 0 Å². The molecule has 0 aliphatic carbocycles. The normalized spacial score (nSPS) is 13.8. The monoisotopic (exact) mass is 249 g/mol. The Morgan fingerprint density at radius 1 is 1.29 bits per heavy atom. The molecule has 5 heteroatoms. The Bertz CT molecular complexity index is 373. The molecule has 96 valence electrons. The minimum atomic E-state index is -4.62. The highest BCUT2D eigenvalue weighted by molar-refractivity contribution is 5.26. The molecule has 0 aromatic heterocycles. The highest BCUT2D eigenvalue weighted by atomic mass is 19.4. The lowest BCUT2D eigenvalue weighted by Crippen LogP contribution is -2.21. The summed E-state index contributed by atoms with van der Waals surface area (Å²) in [5, 5.41) is 3.01. The van der Waals surface area contributed by atoms with Crippen LogP contribution in [0, 0.1) is 5.82 Å². The largest absolute Gasteiger partial charge is 0.419 e. The van der Waals surface area contributed by atoms with Gasteiger partial charge in [0.2, 0.25) is 0 Å². The van der Waals surface area contributed by atoms with Crippen LogP contribution in [-0.4, -0.2) is 13.1 Å². The van der Waals surface area contributed by atoms with Crippen LogP contribution < -0.4 is 5.32 Å². The van der Waals surface area contributed by atoms with E-state index in [0.717, 1.165) is 18.6 Å². The maximum Gasteiger partial charge on any atom is 0.419 e.